The van der Waals surface area contributed by atoms with Crippen molar-refractivity contribution < 1.29 is 9.33 Å². The van der Waals surface area contributed by atoms with Gasteiger partial charge in [-0.05, 0) is 0 Å². The van der Waals surface area contributed by atoms with Gasteiger partial charge in [0.25, 0.3) is 0 Å². The lowest BCUT2D eigenvalue weighted by atomic mass is 11.8. The van der Waals surface area contributed by atoms with E-state index in [-0.39, 0.29) is 0 Å². The van der Waals surface area contributed by atoms with Gasteiger partial charge >= 0.3 is 0 Å². The summed E-state index contributed by atoms with van der Waals surface area (Å²) in [6.07, 6.45) is 0. The minimum Gasteiger partial charge on any atom is -0.222 e. The van der Waals surface area contributed by atoms with Crippen molar-refractivity contribution in [1.82, 2.24) is 0 Å². The smallest absolute Gasteiger partial charge is 0.0999 e. The summed E-state index contributed by atoms with van der Waals surface area (Å²) in [7, 11) is 1.33. The van der Waals surface area contributed by atoms with Gasteiger partial charge in [-0.3, -0.25) is 0 Å². The summed E-state index contributed by atoms with van der Waals surface area (Å²) in [5, 5.41) is 0. The van der Waals surface area contributed by atoms with Crippen LogP contribution in [0.25, 0.3) is 0 Å². The van der Waals surface area contributed by atoms with Crippen LogP contribution in [-0.4, -0.2) is 7.11 Å². The van der Waals surface area contributed by atoms with Crippen molar-refractivity contribution >= 4 is 11.9 Å². The molecule has 0 aromatic heterocycles. The zero-order valence-corrected chi connectivity index (χ0v) is 2.95. The highest BCUT2D eigenvalue weighted by molar-refractivity contribution is 6.06. The lowest BCUT2D eigenvalue weighted by molar-refractivity contribution is -0.172. The van der Waals surface area contributed by atoms with Gasteiger partial charge in [0.1, 0.15) is 0 Å². The van der Waals surface area contributed by atoms with Crippen molar-refractivity contribution in [3.8, 4) is 0 Å². The van der Waals surface area contributed by atoms with Crippen LogP contribution in [-0.2, 0) is 9.33 Å². The van der Waals surface area contributed by atoms with E-state index in [2.05, 4.69) is 21.2 Å². The molecular weight excluding hydrogens is 79.5 g/mol. The minimum atomic E-state index is 1.33. The molecule has 0 bridgehead atoms. The fraction of sp³-hybridized carbons (Fsp3) is 1.00. The van der Waals surface area contributed by atoms with Crippen molar-refractivity contribution in [3.63, 3.8) is 0 Å². The molecule has 0 fully saturated rings. The average Bonchev–Trinajstić information content (AvgIpc) is 1.37. The van der Waals surface area contributed by atoms with E-state index in [1.807, 2.05) is 0 Å². The van der Waals surface area contributed by atoms with Crippen LogP contribution in [0.3, 0.4) is 0 Å². The van der Waals surface area contributed by atoms with Gasteiger partial charge in [-0.25, -0.2) is 4.89 Å². The molecule has 0 aliphatic carbocycles. The molecule has 26 valence electrons. The highest BCUT2D eigenvalue weighted by Crippen LogP contribution is 1.71. The summed E-state index contributed by atoms with van der Waals surface area (Å²) in [6.45, 7) is 0. The van der Waals surface area contributed by atoms with Gasteiger partial charge in [-0.15, -0.1) is 4.44 Å². The van der Waals surface area contributed by atoms with E-state index < -0.39 is 0 Å². The maximum atomic E-state index is 4.46. The van der Waals surface area contributed by atoms with Gasteiger partial charge in [-0.2, -0.15) is 0 Å². The molecule has 0 heterocycles. The predicted molar refractivity (Wildman–Crippen MR) is 13.9 cm³/mol. The van der Waals surface area contributed by atoms with E-state index in [1.165, 1.54) is 7.11 Å². The van der Waals surface area contributed by atoms with Crippen molar-refractivity contribution in [3.05, 3.63) is 0 Å². The van der Waals surface area contributed by atoms with E-state index in [0.717, 1.165) is 0 Å². The molecule has 0 saturated heterocycles. The largest absolute Gasteiger partial charge is 0.222 e. The number of hydrogen-bond donors (Lipinski definition) is 0. The molecule has 2 nitrogen and oxygen atoms in total. The maximum absolute atomic E-state index is 4.46. The molecule has 0 spiro atoms. The molecule has 4 heavy (non-hydrogen) atoms. The van der Waals surface area contributed by atoms with E-state index in [4.69, 9.17) is 0 Å². The Balaban J connectivity index is 1.97. The molecule has 0 radical (unpaired) electrons. The SMILES string of the molecule is COOCl. The Hall–Kier alpha value is 0.210. The van der Waals surface area contributed by atoms with Gasteiger partial charge in [0.2, 0.25) is 0 Å². The first-order chi connectivity index (χ1) is 1.91. The Bertz CT molecular complexity index is 8.00. The van der Waals surface area contributed by atoms with Crippen LogP contribution in [0.1, 0.15) is 0 Å². The average molecular weight is 82.5 g/mol. The maximum Gasteiger partial charge on any atom is 0.0999 e. The molecule has 0 aromatic rings. The molecule has 0 unspecified atom stereocenters. The second-order valence-electron chi connectivity index (χ2n) is 0.230. The fourth-order valence-corrected chi connectivity index (χ4v) is 0. The highest BCUT2D eigenvalue weighted by atomic mass is 35.5. The number of hydrogen-bond acceptors (Lipinski definition) is 2. The third-order valence-corrected chi connectivity index (χ3v) is 0.189. The first-order valence-corrected chi connectivity index (χ1v) is 1.04. The van der Waals surface area contributed by atoms with Crippen molar-refractivity contribution in [1.29, 1.82) is 0 Å². The summed E-state index contributed by atoms with van der Waals surface area (Å²) in [5.41, 5.74) is 0. The first kappa shape index (κ1) is 4.21. The molecule has 0 atom stereocenters. The van der Waals surface area contributed by atoms with Crippen LogP contribution in [0.5, 0.6) is 0 Å². The summed E-state index contributed by atoms with van der Waals surface area (Å²) in [6, 6.07) is 0. The normalized spacial score (nSPS) is 7.50. The van der Waals surface area contributed by atoms with Crippen LogP contribution < -0.4 is 0 Å². The Labute approximate surface area is 29.4 Å². The molecule has 0 saturated carbocycles. The summed E-state index contributed by atoms with van der Waals surface area (Å²) in [5.74, 6) is 0. The Kier molecular flexibility index (Phi) is 3.38. The summed E-state index contributed by atoms with van der Waals surface area (Å²) < 4.78 is 3.51. The van der Waals surface area contributed by atoms with E-state index in [0.29, 0.717) is 0 Å². The second-order valence-corrected chi connectivity index (χ2v) is 0.356. The van der Waals surface area contributed by atoms with E-state index in [9.17, 15) is 0 Å². The van der Waals surface area contributed by atoms with Crippen LogP contribution in [0.15, 0.2) is 0 Å². The van der Waals surface area contributed by atoms with E-state index in [1.54, 1.807) is 0 Å². The number of rotatable bonds is 1. The standard InChI is InChI=1S/CH3ClO2/c1-3-4-2/h1H3. The van der Waals surface area contributed by atoms with Gasteiger partial charge in [0.05, 0.1) is 19.0 Å². The molecular formula is CH3ClO2. The molecule has 3 heteroatoms. The Morgan fingerprint density at radius 1 is 1.75 bits per heavy atom. The number of halogens is 1. The highest BCUT2D eigenvalue weighted by Gasteiger charge is 1.53. The predicted octanol–water partition coefficient (Wildman–Crippen LogP) is 0.718. The third kappa shape index (κ3) is 2.21. The van der Waals surface area contributed by atoms with Gasteiger partial charge < -0.3 is 0 Å². The van der Waals surface area contributed by atoms with Gasteiger partial charge in [-0.1, -0.05) is 0 Å². The van der Waals surface area contributed by atoms with Crippen molar-refractivity contribution in [2.24, 2.45) is 0 Å². The van der Waals surface area contributed by atoms with Gasteiger partial charge in [0, 0.05) is 0 Å². The van der Waals surface area contributed by atoms with Crippen molar-refractivity contribution in [2.45, 2.75) is 0 Å². The monoisotopic (exact) mass is 82.0 g/mol. The molecule has 0 N–H and O–H groups in total. The zero-order valence-electron chi connectivity index (χ0n) is 2.19. The summed E-state index contributed by atoms with van der Waals surface area (Å²) in [4.78, 5) is 3.81. The Morgan fingerprint density at radius 3 is 2.00 bits per heavy atom. The van der Waals surface area contributed by atoms with Gasteiger partial charge in [0.15, 0.2) is 0 Å². The topological polar surface area (TPSA) is 18.5 Å². The molecule has 0 rings (SSSR count). The van der Waals surface area contributed by atoms with Crippen molar-refractivity contribution in [2.75, 3.05) is 7.11 Å². The summed E-state index contributed by atoms with van der Waals surface area (Å²) >= 11 is 4.46. The third-order valence-electron chi connectivity index (χ3n) is 0.0630. The second kappa shape index (κ2) is 3.21. The molecule has 0 aliphatic rings. The molecule has 0 amide bonds. The zero-order chi connectivity index (χ0) is 3.41. The Morgan fingerprint density at radius 2 is 2.00 bits per heavy atom. The first-order valence-electron chi connectivity index (χ1n) is 0.729. The van der Waals surface area contributed by atoms with Crippen LogP contribution in [0.4, 0.5) is 0 Å². The van der Waals surface area contributed by atoms with Crippen LogP contribution >= 0.6 is 11.9 Å². The lowest BCUT2D eigenvalue weighted by Crippen LogP contribution is -1.64. The fourth-order valence-electron chi connectivity index (χ4n) is 0. The van der Waals surface area contributed by atoms with E-state index >= 15 is 0 Å². The lowest BCUT2D eigenvalue weighted by Gasteiger charge is -1.72. The molecule has 0 aromatic carbocycles. The van der Waals surface area contributed by atoms with Crippen LogP contribution in [0.2, 0.25) is 0 Å². The minimum absolute atomic E-state index is 1.33. The molecule has 0 aliphatic heterocycles. The quantitative estimate of drug-likeness (QED) is 0.343. The van der Waals surface area contributed by atoms with Crippen LogP contribution in [0, 0.1) is 0 Å².